The zero-order valence-corrected chi connectivity index (χ0v) is 17.5. The van der Waals surface area contributed by atoms with Crippen LogP contribution in [0, 0.1) is 11.7 Å². The molecular formula is C22H22ClFN6O. The first-order valence-corrected chi connectivity index (χ1v) is 10.9. The predicted octanol–water partition coefficient (Wildman–Crippen LogP) is 3.37. The van der Waals surface area contributed by atoms with Gasteiger partial charge in [-0.3, -0.25) is 14.7 Å². The summed E-state index contributed by atoms with van der Waals surface area (Å²) in [6.45, 7) is 3.46. The summed E-state index contributed by atoms with van der Waals surface area (Å²) in [7, 11) is 0. The number of piperidine rings is 3. The molecule has 2 atom stereocenters. The van der Waals surface area contributed by atoms with Crippen molar-refractivity contribution in [1.82, 2.24) is 24.9 Å². The van der Waals surface area contributed by atoms with Crippen molar-refractivity contribution >= 4 is 29.4 Å². The summed E-state index contributed by atoms with van der Waals surface area (Å²) in [5.74, 6) is 0.750. The number of nitrogens with one attached hydrogen (secondary N) is 2. The highest BCUT2D eigenvalue weighted by Gasteiger charge is 2.35. The third-order valence-electron chi connectivity index (χ3n) is 6.50. The Morgan fingerprint density at radius 2 is 2.13 bits per heavy atom. The molecule has 0 spiro atoms. The molecule has 7 nitrogen and oxygen atoms in total. The number of benzene rings is 1. The highest BCUT2D eigenvalue weighted by atomic mass is 35.5. The highest BCUT2D eigenvalue weighted by Crippen LogP contribution is 2.35. The molecule has 2 bridgehead atoms. The Balaban J connectivity index is 1.32. The van der Waals surface area contributed by atoms with E-state index < -0.39 is 0 Å². The standard InChI is InChI=1S/C22H22ClFN6O/c23-16-11-14(24)1-2-15(16)19-20(30-9-10-31-22(30)28-19)17-3-6-25-21(26-17)27-18-12-29-7-4-13(18)5-8-29/h1-3,6,9-11,13,18,21,26-27H,4-5,7-8,12H2. The van der Waals surface area contributed by atoms with Gasteiger partial charge in [0.15, 0.2) is 6.29 Å². The number of rotatable bonds is 4. The van der Waals surface area contributed by atoms with Gasteiger partial charge in [0.05, 0.1) is 16.4 Å². The smallest absolute Gasteiger partial charge is 0.306 e. The molecule has 160 valence electrons. The van der Waals surface area contributed by atoms with Crippen molar-refractivity contribution < 1.29 is 8.81 Å². The maximum Gasteiger partial charge on any atom is 0.306 e. The van der Waals surface area contributed by atoms with Crippen molar-refractivity contribution in [3.8, 4) is 11.3 Å². The summed E-state index contributed by atoms with van der Waals surface area (Å²) >= 11 is 6.36. The summed E-state index contributed by atoms with van der Waals surface area (Å²) in [5.41, 5.74) is 2.91. The Morgan fingerprint density at radius 1 is 1.26 bits per heavy atom. The number of aliphatic imine (C=N–C) groups is 1. The van der Waals surface area contributed by atoms with Crippen LogP contribution < -0.4 is 10.6 Å². The van der Waals surface area contributed by atoms with Gasteiger partial charge in [0.25, 0.3) is 0 Å². The second-order valence-corrected chi connectivity index (χ2v) is 8.73. The van der Waals surface area contributed by atoms with E-state index in [-0.39, 0.29) is 12.1 Å². The zero-order valence-electron chi connectivity index (χ0n) is 16.8. The number of aromatic nitrogens is 2. The summed E-state index contributed by atoms with van der Waals surface area (Å²) in [6.07, 6.45) is 9.35. The van der Waals surface area contributed by atoms with Crippen molar-refractivity contribution in [3.05, 3.63) is 53.3 Å². The molecule has 1 aromatic carbocycles. The molecule has 0 saturated carbocycles. The number of allylic oxidation sites excluding steroid dienone is 1. The fourth-order valence-electron chi connectivity index (χ4n) is 4.94. The second-order valence-electron chi connectivity index (χ2n) is 8.33. The van der Waals surface area contributed by atoms with Crippen molar-refractivity contribution in [2.24, 2.45) is 10.9 Å². The van der Waals surface area contributed by atoms with E-state index in [9.17, 15) is 4.39 Å². The van der Waals surface area contributed by atoms with E-state index in [2.05, 4.69) is 25.5 Å². The number of oxazole rings is 1. The lowest BCUT2D eigenvalue weighted by Crippen LogP contribution is -2.60. The summed E-state index contributed by atoms with van der Waals surface area (Å²) in [4.78, 5) is 11.7. The number of imidazole rings is 1. The van der Waals surface area contributed by atoms with Crippen LogP contribution in [0.25, 0.3) is 22.8 Å². The van der Waals surface area contributed by atoms with E-state index in [1.54, 1.807) is 18.5 Å². The maximum atomic E-state index is 13.6. The number of hydrogen-bond donors (Lipinski definition) is 2. The molecule has 7 rings (SSSR count). The van der Waals surface area contributed by atoms with Crippen LogP contribution in [-0.2, 0) is 0 Å². The van der Waals surface area contributed by atoms with Crippen LogP contribution in [-0.4, -0.2) is 52.5 Å². The normalized spacial score (nSPS) is 27.5. The van der Waals surface area contributed by atoms with Crippen LogP contribution in [0.15, 0.2) is 46.1 Å². The fraction of sp³-hybridized carbons (Fsp3) is 0.364. The monoisotopic (exact) mass is 440 g/mol. The molecule has 3 fully saturated rings. The van der Waals surface area contributed by atoms with Crippen LogP contribution in [0.4, 0.5) is 4.39 Å². The van der Waals surface area contributed by atoms with Crippen molar-refractivity contribution in [1.29, 1.82) is 0 Å². The van der Waals surface area contributed by atoms with Crippen LogP contribution in [0.1, 0.15) is 18.5 Å². The van der Waals surface area contributed by atoms with Crippen LogP contribution in [0.2, 0.25) is 5.02 Å². The molecule has 4 aliphatic heterocycles. The Morgan fingerprint density at radius 3 is 2.90 bits per heavy atom. The fourth-order valence-corrected chi connectivity index (χ4v) is 5.19. The number of nitrogens with zero attached hydrogens (tertiary/aromatic N) is 4. The summed E-state index contributed by atoms with van der Waals surface area (Å²) in [5, 5.41) is 7.48. The van der Waals surface area contributed by atoms with E-state index in [4.69, 9.17) is 16.0 Å². The zero-order chi connectivity index (χ0) is 20.9. The van der Waals surface area contributed by atoms with Crippen LogP contribution >= 0.6 is 11.6 Å². The Labute approximate surface area is 183 Å². The third kappa shape index (κ3) is 3.35. The van der Waals surface area contributed by atoms with Gasteiger partial charge in [-0.05, 0) is 56.1 Å². The molecule has 2 N–H and O–H groups in total. The largest absolute Gasteiger partial charge is 0.432 e. The average molecular weight is 441 g/mol. The van der Waals surface area contributed by atoms with Gasteiger partial charge in [0.1, 0.15) is 17.8 Å². The number of halogens is 2. The highest BCUT2D eigenvalue weighted by molar-refractivity contribution is 6.33. The van der Waals surface area contributed by atoms with Gasteiger partial charge in [0, 0.05) is 30.6 Å². The molecule has 4 aliphatic rings. The summed E-state index contributed by atoms with van der Waals surface area (Å²) in [6, 6.07) is 4.74. The SMILES string of the molecule is Fc1ccc(-c2nc3occn3c2C2=CC=NC(NC3CN4CCC3CC4)N2)c(Cl)c1. The maximum absolute atomic E-state index is 13.6. The first-order chi connectivity index (χ1) is 15.2. The minimum absolute atomic E-state index is 0.237. The molecule has 2 aromatic heterocycles. The third-order valence-corrected chi connectivity index (χ3v) is 6.81. The molecule has 3 saturated heterocycles. The minimum Gasteiger partial charge on any atom is -0.432 e. The first kappa shape index (κ1) is 19.0. The molecule has 9 heteroatoms. The van der Waals surface area contributed by atoms with Gasteiger partial charge >= 0.3 is 5.84 Å². The van der Waals surface area contributed by atoms with Crippen LogP contribution in [0.3, 0.4) is 0 Å². The van der Waals surface area contributed by atoms with Gasteiger partial charge < -0.3 is 14.6 Å². The van der Waals surface area contributed by atoms with E-state index in [1.165, 1.54) is 38.1 Å². The molecule has 3 aromatic rings. The molecule has 0 aliphatic carbocycles. The lowest BCUT2D eigenvalue weighted by atomic mass is 9.84. The average Bonchev–Trinajstić information content (AvgIpc) is 3.36. The van der Waals surface area contributed by atoms with Gasteiger partial charge in [-0.2, -0.15) is 4.98 Å². The van der Waals surface area contributed by atoms with E-state index in [0.29, 0.717) is 34.1 Å². The Hall–Kier alpha value is -2.68. The van der Waals surface area contributed by atoms with Crippen molar-refractivity contribution in [2.75, 3.05) is 19.6 Å². The lowest BCUT2D eigenvalue weighted by molar-refractivity contribution is 0.0663. The second kappa shape index (κ2) is 7.47. The summed E-state index contributed by atoms with van der Waals surface area (Å²) < 4.78 is 21.0. The topological polar surface area (TPSA) is 70.1 Å². The van der Waals surface area contributed by atoms with Crippen LogP contribution in [0.5, 0.6) is 0 Å². The van der Waals surface area contributed by atoms with Crippen molar-refractivity contribution in [3.63, 3.8) is 0 Å². The first-order valence-electron chi connectivity index (χ1n) is 10.6. The van der Waals surface area contributed by atoms with Gasteiger partial charge in [0.2, 0.25) is 0 Å². The van der Waals surface area contributed by atoms with Gasteiger partial charge in [-0.25, -0.2) is 4.39 Å². The number of fused-ring (bicyclic) bond motifs is 4. The Kier molecular flexibility index (Phi) is 4.59. The quantitative estimate of drug-likeness (QED) is 0.651. The molecule has 0 radical (unpaired) electrons. The molecule has 6 heterocycles. The predicted molar refractivity (Wildman–Crippen MR) is 117 cm³/mol. The Bertz CT molecular complexity index is 1190. The van der Waals surface area contributed by atoms with E-state index in [1.807, 2.05) is 16.7 Å². The van der Waals surface area contributed by atoms with E-state index in [0.717, 1.165) is 17.9 Å². The minimum atomic E-state index is -0.387. The van der Waals surface area contributed by atoms with Crippen molar-refractivity contribution in [2.45, 2.75) is 25.2 Å². The molecule has 2 unspecified atom stereocenters. The molecule has 0 amide bonds. The number of hydrogen-bond acceptors (Lipinski definition) is 6. The lowest BCUT2D eigenvalue weighted by Gasteiger charge is -2.46. The van der Waals surface area contributed by atoms with Gasteiger partial charge in [-0.1, -0.05) is 11.6 Å². The molecular weight excluding hydrogens is 419 g/mol. The van der Waals surface area contributed by atoms with Gasteiger partial charge in [-0.15, -0.1) is 0 Å². The molecule has 31 heavy (non-hydrogen) atoms. The van der Waals surface area contributed by atoms with E-state index >= 15 is 0 Å².